The van der Waals surface area contributed by atoms with Crippen molar-refractivity contribution >= 4 is 40.2 Å². The van der Waals surface area contributed by atoms with E-state index in [2.05, 4.69) is 15.2 Å². The summed E-state index contributed by atoms with van der Waals surface area (Å²) in [5.74, 6) is -0.922. The molecule has 2 amide bonds. The molecule has 0 bridgehead atoms. The van der Waals surface area contributed by atoms with Crippen LogP contribution in [0.3, 0.4) is 0 Å². The van der Waals surface area contributed by atoms with E-state index in [1.807, 2.05) is 30.3 Å². The molecule has 2 saturated carbocycles. The number of thiazole rings is 1. The van der Waals surface area contributed by atoms with Crippen LogP contribution >= 0.6 is 23.1 Å². The lowest BCUT2D eigenvalue weighted by molar-refractivity contribution is -0.136. The molecule has 0 aliphatic heterocycles. The zero-order valence-corrected chi connectivity index (χ0v) is 19.9. The van der Waals surface area contributed by atoms with Gasteiger partial charge in [0.25, 0.3) is 0 Å². The summed E-state index contributed by atoms with van der Waals surface area (Å²) in [6.07, 6.45) is 11.3. The second kappa shape index (κ2) is 11.2. The van der Waals surface area contributed by atoms with Gasteiger partial charge < -0.3 is 10.0 Å². The fourth-order valence-electron chi connectivity index (χ4n) is 4.83. The van der Waals surface area contributed by atoms with Crippen molar-refractivity contribution in [3.05, 3.63) is 36.0 Å². The molecule has 2 fully saturated rings. The number of carboxylic acids is 1. The van der Waals surface area contributed by atoms with Gasteiger partial charge in [0.2, 0.25) is 0 Å². The molecular formula is C24H31N3O3S2. The van der Waals surface area contributed by atoms with Crippen LogP contribution in [0.2, 0.25) is 0 Å². The minimum atomic E-state index is -0.922. The van der Waals surface area contributed by atoms with E-state index < -0.39 is 5.97 Å². The summed E-state index contributed by atoms with van der Waals surface area (Å²) < 4.78 is 0.816. The van der Waals surface area contributed by atoms with Crippen molar-refractivity contribution in [2.75, 3.05) is 5.32 Å². The maximum atomic E-state index is 13.5. The number of nitrogens with zero attached hydrogens (tertiary/aromatic N) is 2. The normalized spacial score (nSPS) is 17.8. The number of hydrogen-bond acceptors (Lipinski definition) is 5. The molecule has 8 heteroatoms. The quantitative estimate of drug-likeness (QED) is 0.485. The Hall–Kier alpha value is -2.06. The molecule has 2 aromatic rings. The summed E-state index contributed by atoms with van der Waals surface area (Å²) >= 11 is 2.86. The van der Waals surface area contributed by atoms with Crippen LogP contribution < -0.4 is 5.32 Å². The van der Waals surface area contributed by atoms with Gasteiger partial charge in [0, 0.05) is 17.0 Å². The van der Waals surface area contributed by atoms with Crippen molar-refractivity contribution in [2.45, 2.75) is 91.8 Å². The fourth-order valence-corrected chi connectivity index (χ4v) is 6.97. The molecule has 4 rings (SSSR count). The van der Waals surface area contributed by atoms with E-state index in [-0.39, 0.29) is 12.5 Å². The first-order valence-corrected chi connectivity index (χ1v) is 13.3. The molecule has 0 radical (unpaired) electrons. The molecule has 6 nitrogen and oxygen atoms in total. The van der Waals surface area contributed by atoms with E-state index in [4.69, 9.17) is 0 Å². The molecule has 0 saturated heterocycles. The van der Waals surface area contributed by atoms with Gasteiger partial charge in [0.15, 0.2) is 5.13 Å². The Bertz CT molecular complexity index is 888. The highest BCUT2D eigenvalue weighted by atomic mass is 32.2. The van der Waals surface area contributed by atoms with Gasteiger partial charge in [-0.05, 0) is 37.8 Å². The predicted octanol–water partition coefficient (Wildman–Crippen LogP) is 6.42. The van der Waals surface area contributed by atoms with Crippen LogP contribution in [0.4, 0.5) is 9.93 Å². The Labute approximate surface area is 197 Å². The van der Waals surface area contributed by atoms with Gasteiger partial charge in [-0.1, -0.05) is 79.8 Å². The number of nitrogens with one attached hydrogen (secondary N) is 1. The molecule has 0 atom stereocenters. The van der Waals surface area contributed by atoms with Crippen LogP contribution in [0, 0.1) is 0 Å². The number of urea groups is 1. The average Bonchev–Trinajstić information content (AvgIpc) is 3.15. The summed E-state index contributed by atoms with van der Waals surface area (Å²) in [7, 11) is 0. The summed E-state index contributed by atoms with van der Waals surface area (Å²) in [5, 5.41) is 12.9. The van der Waals surface area contributed by atoms with Crippen molar-refractivity contribution in [3.63, 3.8) is 0 Å². The first-order valence-electron chi connectivity index (χ1n) is 11.6. The van der Waals surface area contributed by atoms with Crippen LogP contribution in [0.5, 0.6) is 0 Å². The van der Waals surface area contributed by atoms with Crippen LogP contribution in [-0.4, -0.2) is 39.1 Å². The van der Waals surface area contributed by atoms with E-state index >= 15 is 0 Å². The summed E-state index contributed by atoms with van der Waals surface area (Å²) in [5.41, 5.74) is 0.508. The average molecular weight is 474 g/mol. The van der Waals surface area contributed by atoms with E-state index in [9.17, 15) is 14.7 Å². The SMILES string of the molecule is O=C(O)Cc1nc(NC(=O)N(C2CCCCC2)C2CCCCC2)sc1Sc1ccccc1. The number of carbonyl (C=O) groups excluding carboxylic acids is 1. The van der Waals surface area contributed by atoms with Gasteiger partial charge in [-0.2, -0.15) is 0 Å². The summed E-state index contributed by atoms with van der Waals surface area (Å²) in [6.45, 7) is 0. The smallest absolute Gasteiger partial charge is 0.324 e. The number of rotatable bonds is 7. The second-order valence-corrected chi connectivity index (χ2v) is 11.0. The molecule has 32 heavy (non-hydrogen) atoms. The molecule has 2 aliphatic carbocycles. The molecule has 1 aromatic heterocycles. The van der Waals surface area contributed by atoms with Gasteiger partial charge >= 0.3 is 12.0 Å². The van der Waals surface area contributed by atoms with Crippen LogP contribution in [-0.2, 0) is 11.2 Å². The Kier molecular flexibility index (Phi) is 8.08. The maximum absolute atomic E-state index is 13.5. The third kappa shape index (κ3) is 6.04. The summed E-state index contributed by atoms with van der Waals surface area (Å²) in [4.78, 5) is 32.5. The number of carboxylic acid groups (broad SMARTS) is 1. The topological polar surface area (TPSA) is 82.5 Å². The number of hydrogen-bond donors (Lipinski definition) is 2. The molecule has 1 aromatic carbocycles. The van der Waals surface area contributed by atoms with Gasteiger partial charge in [-0.25, -0.2) is 9.78 Å². The number of aliphatic carboxylic acids is 1. The number of anilines is 1. The van der Waals surface area contributed by atoms with Gasteiger partial charge in [-0.3, -0.25) is 10.1 Å². The highest BCUT2D eigenvalue weighted by Gasteiger charge is 2.33. The molecule has 172 valence electrons. The van der Waals surface area contributed by atoms with Crippen molar-refractivity contribution < 1.29 is 14.7 Å². The van der Waals surface area contributed by atoms with Gasteiger partial charge in [0.05, 0.1) is 16.3 Å². The molecule has 0 unspecified atom stereocenters. The van der Waals surface area contributed by atoms with E-state index in [0.717, 1.165) is 34.8 Å². The number of aromatic nitrogens is 1. The largest absolute Gasteiger partial charge is 0.481 e. The van der Waals surface area contributed by atoms with Crippen molar-refractivity contribution in [1.29, 1.82) is 0 Å². The molecule has 2 aliphatic rings. The molecule has 0 spiro atoms. The third-order valence-electron chi connectivity index (χ3n) is 6.32. The lowest BCUT2D eigenvalue weighted by atomic mass is 9.89. The highest BCUT2D eigenvalue weighted by Crippen LogP contribution is 2.38. The third-order valence-corrected chi connectivity index (χ3v) is 8.56. The standard InChI is InChI=1S/C24H31N3O3S2/c28-21(29)16-20-22(31-19-14-8-3-9-15-19)32-23(25-20)26-24(30)27(17-10-4-1-5-11-17)18-12-6-2-7-13-18/h3,8-9,14-15,17-18H,1-2,4-7,10-13,16H2,(H,28,29)(H,25,26,30). The van der Waals surface area contributed by atoms with Crippen LogP contribution in [0.1, 0.15) is 69.9 Å². The monoisotopic (exact) mass is 473 g/mol. The van der Waals surface area contributed by atoms with E-state index in [1.165, 1.54) is 61.6 Å². The minimum absolute atomic E-state index is 0.0734. The van der Waals surface area contributed by atoms with Crippen molar-refractivity contribution in [2.24, 2.45) is 0 Å². The highest BCUT2D eigenvalue weighted by molar-refractivity contribution is 8.01. The molecular weight excluding hydrogens is 442 g/mol. The zero-order valence-electron chi connectivity index (χ0n) is 18.3. The van der Waals surface area contributed by atoms with Gasteiger partial charge in [-0.15, -0.1) is 0 Å². The maximum Gasteiger partial charge on any atom is 0.324 e. The Morgan fingerprint density at radius 3 is 2.16 bits per heavy atom. The van der Waals surface area contributed by atoms with Crippen LogP contribution in [0.15, 0.2) is 39.4 Å². The zero-order chi connectivity index (χ0) is 22.3. The second-order valence-electron chi connectivity index (χ2n) is 8.66. The number of carbonyl (C=O) groups is 2. The first-order chi connectivity index (χ1) is 15.6. The summed E-state index contributed by atoms with van der Waals surface area (Å²) in [6, 6.07) is 10.3. The van der Waals surface area contributed by atoms with E-state index in [0.29, 0.717) is 22.9 Å². The molecule has 2 N–H and O–H groups in total. The Morgan fingerprint density at radius 2 is 1.59 bits per heavy atom. The predicted molar refractivity (Wildman–Crippen MR) is 129 cm³/mol. The van der Waals surface area contributed by atoms with Crippen LogP contribution in [0.25, 0.3) is 0 Å². The first kappa shape index (κ1) is 23.1. The van der Waals surface area contributed by atoms with Crippen molar-refractivity contribution in [3.8, 4) is 0 Å². The Balaban J connectivity index is 1.53. The van der Waals surface area contributed by atoms with Gasteiger partial charge in [0.1, 0.15) is 0 Å². The van der Waals surface area contributed by atoms with E-state index in [1.54, 1.807) is 0 Å². The number of benzene rings is 1. The Morgan fingerprint density at radius 1 is 1.00 bits per heavy atom. The van der Waals surface area contributed by atoms with Crippen molar-refractivity contribution in [1.82, 2.24) is 9.88 Å². The lowest BCUT2D eigenvalue weighted by Gasteiger charge is -2.41. The fraction of sp³-hybridized carbons (Fsp3) is 0.542. The number of amides is 2. The molecule has 1 heterocycles. The lowest BCUT2D eigenvalue weighted by Crippen LogP contribution is -2.50. The minimum Gasteiger partial charge on any atom is -0.481 e.